The van der Waals surface area contributed by atoms with Crippen LogP contribution < -0.4 is 10.6 Å². The van der Waals surface area contributed by atoms with Gasteiger partial charge < -0.3 is 10.6 Å². The third kappa shape index (κ3) is 4.06. The maximum Gasteiger partial charge on any atom is 0.253 e. The van der Waals surface area contributed by atoms with Crippen LogP contribution in [0, 0.1) is 5.92 Å². The van der Waals surface area contributed by atoms with Gasteiger partial charge in [0.05, 0.1) is 21.7 Å². The Hall–Kier alpha value is -1.55. The lowest BCUT2D eigenvalue weighted by Crippen LogP contribution is -2.57. The number of carbonyl (C=O) groups excluding carboxylic acids is 1. The maximum absolute atomic E-state index is 13.0. The van der Waals surface area contributed by atoms with Crippen LogP contribution in [0.2, 0.25) is 10.0 Å². The number of rotatable bonds is 4. The van der Waals surface area contributed by atoms with E-state index < -0.39 is 0 Å². The second-order valence-electron chi connectivity index (χ2n) is 7.36. The van der Waals surface area contributed by atoms with Crippen LogP contribution >= 0.6 is 23.2 Å². The lowest BCUT2D eigenvalue weighted by molar-refractivity contribution is 0.0882. The third-order valence-electron chi connectivity index (χ3n) is 5.25. The minimum Gasteiger partial charge on any atom is -0.343 e. The normalized spacial score (nSPS) is 24.1. The molecule has 2 N–H and O–H groups in total. The average Bonchev–Trinajstić information content (AvgIpc) is 2.65. The number of amides is 1. The van der Waals surface area contributed by atoms with E-state index in [1.165, 1.54) is 0 Å². The first-order valence-electron chi connectivity index (χ1n) is 8.95. The van der Waals surface area contributed by atoms with Crippen molar-refractivity contribution in [2.24, 2.45) is 5.92 Å². The Bertz CT molecular complexity index is 771. The highest BCUT2D eigenvalue weighted by Crippen LogP contribution is 2.35. The molecule has 2 aromatic rings. The van der Waals surface area contributed by atoms with E-state index in [9.17, 15) is 4.79 Å². The summed E-state index contributed by atoms with van der Waals surface area (Å²) < 4.78 is 0. The number of hydrogen-bond acceptors (Lipinski definition) is 2. The molecule has 3 atom stereocenters. The summed E-state index contributed by atoms with van der Waals surface area (Å²) in [5, 5.41) is 7.52. The van der Waals surface area contributed by atoms with Crippen LogP contribution in [0.1, 0.15) is 48.7 Å². The number of carbonyl (C=O) groups is 1. The molecule has 0 aliphatic carbocycles. The van der Waals surface area contributed by atoms with Gasteiger partial charge in [0.15, 0.2) is 0 Å². The molecule has 0 radical (unpaired) electrons. The quantitative estimate of drug-likeness (QED) is 0.748. The molecule has 1 fully saturated rings. The van der Waals surface area contributed by atoms with Gasteiger partial charge in [-0.3, -0.25) is 4.79 Å². The van der Waals surface area contributed by atoms with E-state index >= 15 is 0 Å². The molecule has 3 rings (SSSR count). The van der Waals surface area contributed by atoms with Crippen molar-refractivity contribution in [3.63, 3.8) is 0 Å². The van der Waals surface area contributed by atoms with Crippen molar-refractivity contribution in [2.45, 2.75) is 38.3 Å². The molecule has 5 heteroatoms. The van der Waals surface area contributed by atoms with Gasteiger partial charge in [-0.2, -0.15) is 0 Å². The number of nitrogens with one attached hydrogen (secondary N) is 2. The average molecular weight is 391 g/mol. The van der Waals surface area contributed by atoms with Gasteiger partial charge in [-0.25, -0.2) is 0 Å². The summed E-state index contributed by atoms with van der Waals surface area (Å²) in [5.41, 5.74) is 1.24. The van der Waals surface area contributed by atoms with Crippen LogP contribution in [0.4, 0.5) is 0 Å². The molecular weight excluding hydrogens is 367 g/mol. The molecule has 138 valence electrons. The van der Waals surface area contributed by atoms with Crippen molar-refractivity contribution in [3.8, 4) is 0 Å². The highest BCUT2D eigenvalue weighted by atomic mass is 35.5. The predicted octanol–water partition coefficient (Wildman–Crippen LogP) is 5.24. The summed E-state index contributed by atoms with van der Waals surface area (Å²) in [6, 6.07) is 15.0. The molecular formula is C21H24Cl2N2O. The molecule has 1 amide bonds. The van der Waals surface area contributed by atoms with Crippen LogP contribution in [0.3, 0.4) is 0 Å². The summed E-state index contributed by atoms with van der Waals surface area (Å²) in [4.78, 5) is 13.0. The third-order valence-corrected chi connectivity index (χ3v) is 6.07. The Morgan fingerprint density at radius 1 is 1.19 bits per heavy atom. The van der Waals surface area contributed by atoms with Crippen molar-refractivity contribution in [3.05, 3.63) is 69.7 Å². The summed E-state index contributed by atoms with van der Waals surface area (Å²) in [6.07, 6.45) is 2.11. The van der Waals surface area contributed by atoms with Gasteiger partial charge in [-0.05, 0) is 49.9 Å². The first kappa shape index (κ1) is 19.2. The van der Waals surface area contributed by atoms with E-state index in [0.717, 1.165) is 24.9 Å². The zero-order valence-corrected chi connectivity index (χ0v) is 16.6. The van der Waals surface area contributed by atoms with Crippen LogP contribution in [-0.4, -0.2) is 18.0 Å². The first-order chi connectivity index (χ1) is 12.4. The van der Waals surface area contributed by atoms with Gasteiger partial charge in [0, 0.05) is 5.54 Å². The molecule has 0 aromatic heterocycles. The summed E-state index contributed by atoms with van der Waals surface area (Å²) in [7, 11) is 0. The predicted molar refractivity (Wildman–Crippen MR) is 108 cm³/mol. The van der Waals surface area contributed by atoms with Crippen LogP contribution in [0.5, 0.6) is 0 Å². The fraction of sp³-hybridized carbons (Fsp3) is 0.381. The van der Waals surface area contributed by atoms with Crippen LogP contribution in [-0.2, 0) is 0 Å². The molecule has 1 aliphatic rings. The Morgan fingerprint density at radius 3 is 2.58 bits per heavy atom. The molecule has 1 aliphatic heterocycles. The molecule has 1 saturated heterocycles. The largest absolute Gasteiger partial charge is 0.343 e. The number of benzene rings is 2. The van der Waals surface area contributed by atoms with E-state index in [1.54, 1.807) is 18.2 Å². The zero-order chi connectivity index (χ0) is 18.7. The van der Waals surface area contributed by atoms with Crippen molar-refractivity contribution in [1.29, 1.82) is 0 Å². The van der Waals surface area contributed by atoms with Gasteiger partial charge in [0.1, 0.15) is 0 Å². The Kier molecular flexibility index (Phi) is 5.91. The Balaban J connectivity index is 1.91. The summed E-state index contributed by atoms with van der Waals surface area (Å²) in [6.45, 7) is 5.36. The highest BCUT2D eigenvalue weighted by Gasteiger charge is 2.39. The number of piperidine rings is 1. The fourth-order valence-corrected chi connectivity index (χ4v) is 3.92. The molecule has 0 spiro atoms. The van der Waals surface area contributed by atoms with Gasteiger partial charge in [0.2, 0.25) is 0 Å². The smallest absolute Gasteiger partial charge is 0.253 e. The van der Waals surface area contributed by atoms with E-state index in [0.29, 0.717) is 16.5 Å². The van der Waals surface area contributed by atoms with E-state index in [2.05, 4.69) is 36.6 Å². The Labute approximate surface area is 165 Å². The second kappa shape index (κ2) is 7.99. The van der Waals surface area contributed by atoms with Crippen molar-refractivity contribution >= 4 is 29.1 Å². The fourth-order valence-electron chi connectivity index (χ4n) is 3.53. The van der Waals surface area contributed by atoms with E-state index in [1.807, 2.05) is 18.2 Å². The van der Waals surface area contributed by atoms with Crippen LogP contribution in [0.15, 0.2) is 48.5 Å². The standard InChI is InChI=1S/C21H24Cl2N2O/c1-14-11-12-21(2,24-13-14)19(15-7-4-3-5-8-15)25-20(26)16-9-6-10-17(22)18(16)23/h3-10,14,19,24H,11-13H2,1-2H3,(H,25,26)/t14?,19-,21?/m1/s1. The SMILES string of the molecule is CC1CCC(C)([C@H](NC(=O)c2cccc(Cl)c2Cl)c2ccccc2)NC1. The molecule has 1 heterocycles. The van der Waals surface area contributed by atoms with Gasteiger partial charge in [-0.1, -0.05) is 66.5 Å². The zero-order valence-electron chi connectivity index (χ0n) is 15.1. The lowest BCUT2D eigenvalue weighted by atomic mass is 9.78. The number of halogens is 2. The Morgan fingerprint density at radius 2 is 1.92 bits per heavy atom. The van der Waals surface area contributed by atoms with Crippen molar-refractivity contribution < 1.29 is 4.79 Å². The maximum atomic E-state index is 13.0. The molecule has 2 unspecified atom stereocenters. The summed E-state index contributed by atoms with van der Waals surface area (Å²) >= 11 is 12.3. The topological polar surface area (TPSA) is 41.1 Å². The monoisotopic (exact) mass is 390 g/mol. The van der Waals surface area contributed by atoms with E-state index in [4.69, 9.17) is 23.2 Å². The van der Waals surface area contributed by atoms with Crippen LogP contribution in [0.25, 0.3) is 0 Å². The molecule has 0 bridgehead atoms. The summed E-state index contributed by atoms with van der Waals surface area (Å²) in [5.74, 6) is 0.422. The van der Waals surface area contributed by atoms with E-state index in [-0.39, 0.29) is 22.5 Å². The highest BCUT2D eigenvalue weighted by molar-refractivity contribution is 6.43. The molecule has 2 aromatic carbocycles. The molecule has 3 nitrogen and oxygen atoms in total. The van der Waals surface area contributed by atoms with Gasteiger partial charge in [-0.15, -0.1) is 0 Å². The van der Waals surface area contributed by atoms with Crippen molar-refractivity contribution in [2.75, 3.05) is 6.54 Å². The first-order valence-corrected chi connectivity index (χ1v) is 9.71. The molecule has 26 heavy (non-hydrogen) atoms. The van der Waals surface area contributed by atoms with Crippen molar-refractivity contribution in [1.82, 2.24) is 10.6 Å². The minimum absolute atomic E-state index is 0.168. The number of hydrogen-bond donors (Lipinski definition) is 2. The minimum atomic E-state index is -0.228. The second-order valence-corrected chi connectivity index (χ2v) is 8.15. The van der Waals surface area contributed by atoms with Gasteiger partial charge in [0.25, 0.3) is 5.91 Å². The van der Waals surface area contributed by atoms with Gasteiger partial charge >= 0.3 is 0 Å². The molecule has 0 saturated carbocycles. The lowest BCUT2D eigenvalue weighted by Gasteiger charge is -2.44.